The molecule has 1 saturated heterocycles. The number of hydrogen-bond acceptors (Lipinski definition) is 4. The van der Waals surface area contributed by atoms with Crippen LogP contribution in [0.15, 0.2) is 17.5 Å². The van der Waals surface area contributed by atoms with E-state index in [1.807, 2.05) is 17.5 Å². The summed E-state index contributed by atoms with van der Waals surface area (Å²) >= 11 is 1.64. The second-order valence-electron chi connectivity index (χ2n) is 4.40. The lowest BCUT2D eigenvalue weighted by Gasteiger charge is -2.32. The minimum Gasteiger partial charge on any atom is -0.383 e. The van der Waals surface area contributed by atoms with E-state index in [1.54, 1.807) is 18.4 Å². The molecule has 0 radical (unpaired) electrons. The number of piperidine rings is 1. The molecule has 0 spiro atoms. The maximum absolute atomic E-state index is 11.9. The Morgan fingerprint density at radius 3 is 2.67 bits per heavy atom. The van der Waals surface area contributed by atoms with Crippen LogP contribution in [0.4, 0.5) is 0 Å². The number of thiophene rings is 1. The van der Waals surface area contributed by atoms with Crippen molar-refractivity contribution in [2.24, 2.45) is 0 Å². The predicted molar refractivity (Wildman–Crippen MR) is 69.4 cm³/mol. The summed E-state index contributed by atoms with van der Waals surface area (Å²) in [5.74, 6) is -0.130. The van der Waals surface area contributed by atoms with Crippen LogP contribution in [0, 0.1) is 0 Å². The Balaban J connectivity index is 2.12. The van der Waals surface area contributed by atoms with Gasteiger partial charge in [-0.2, -0.15) is 0 Å². The number of rotatable bonds is 5. The Morgan fingerprint density at radius 1 is 1.39 bits per heavy atom. The van der Waals surface area contributed by atoms with Gasteiger partial charge in [-0.25, -0.2) is 0 Å². The van der Waals surface area contributed by atoms with E-state index in [1.165, 1.54) is 9.78 Å². The van der Waals surface area contributed by atoms with Crippen molar-refractivity contribution in [1.82, 2.24) is 4.90 Å². The topological polar surface area (TPSA) is 46.6 Å². The van der Waals surface area contributed by atoms with Gasteiger partial charge in [0.25, 0.3) is 0 Å². The lowest BCUT2D eigenvalue weighted by molar-refractivity contribution is -0.152. The molecule has 1 aliphatic heterocycles. The van der Waals surface area contributed by atoms with Crippen LogP contribution in [0.2, 0.25) is 0 Å². The fourth-order valence-corrected chi connectivity index (χ4v) is 3.03. The third kappa shape index (κ3) is 2.97. The van der Waals surface area contributed by atoms with E-state index in [4.69, 9.17) is 4.74 Å². The Kier molecular flexibility index (Phi) is 4.49. The lowest BCUT2D eigenvalue weighted by Crippen LogP contribution is -2.49. The van der Waals surface area contributed by atoms with Crippen molar-refractivity contribution in [3.05, 3.63) is 22.4 Å². The number of imide groups is 1. The molecule has 4 nitrogen and oxygen atoms in total. The van der Waals surface area contributed by atoms with E-state index < -0.39 is 0 Å². The molecule has 18 heavy (non-hydrogen) atoms. The van der Waals surface area contributed by atoms with Crippen molar-refractivity contribution in [2.75, 3.05) is 13.7 Å². The van der Waals surface area contributed by atoms with Crippen LogP contribution in [0.1, 0.15) is 24.1 Å². The van der Waals surface area contributed by atoms with Crippen LogP contribution in [0.25, 0.3) is 0 Å². The molecule has 0 aliphatic carbocycles. The fraction of sp³-hybridized carbons (Fsp3) is 0.538. The predicted octanol–water partition coefficient (Wildman–Crippen LogP) is 1.84. The number of amides is 2. The van der Waals surface area contributed by atoms with E-state index in [9.17, 15) is 9.59 Å². The molecule has 0 saturated carbocycles. The van der Waals surface area contributed by atoms with Crippen molar-refractivity contribution < 1.29 is 14.3 Å². The first kappa shape index (κ1) is 13.2. The summed E-state index contributed by atoms with van der Waals surface area (Å²) in [5.41, 5.74) is 0. The third-order valence-electron chi connectivity index (χ3n) is 3.06. The van der Waals surface area contributed by atoms with Gasteiger partial charge in [0.2, 0.25) is 11.8 Å². The average molecular weight is 267 g/mol. The number of methoxy groups -OCH3 is 1. The molecule has 0 bridgehead atoms. The SMILES string of the molecule is COCC(Cc1cccs1)N1C(=O)CCCC1=O. The van der Waals surface area contributed by atoms with Crippen molar-refractivity contribution in [3.8, 4) is 0 Å². The summed E-state index contributed by atoms with van der Waals surface area (Å²) in [6, 6.07) is 3.82. The van der Waals surface area contributed by atoms with E-state index in [-0.39, 0.29) is 17.9 Å². The van der Waals surface area contributed by atoms with Gasteiger partial charge in [0.1, 0.15) is 0 Å². The van der Waals surface area contributed by atoms with Crippen LogP contribution in [0.3, 0.4) is 0 Å². The number of carbonyl (C=O) groups is 2. The highest BCUT2D eigenvalue weighted by Gasteiger charge is 2.32. The minimum atomic E-state index is -0.172. The molecule has 98 valence electrons. The first-order valence-electron chi connectivity index (χ1n) is 6.08. The molecule has 1 aromatic rings. The van der Waals surface area contributed by atoms with E-state index in [2.05, 4.69) is 0 Å². The minimum absolute atomic E-state index is 0.0649. The maximum Gasteiger partial charge on any atom is 0.229 e. The van der Waals surface area contributed by atoms with Crippen LogP contribution in [0.5, 0.6) is 0 Å². The molecule has 5 heteroatoms. The summed E-state index contributed by atoms with van der Waals surface area (Å²) in [6.45, 7) is 0.398. The molecule has 1 atom stereocenters. The molecule has 1 aliphatic rings. The Bertz CT molecular complexity index is 400. The maximum atomic E-state index is 11.9. The monoisotopic (exact) mass is 267 g/mol. The van der Waals surface area contributed by atoms with Gasteiger partial charge in [0.15, 0.2) is 0 Å². The number of nitrogens with zero attached hydrogens (tertiary/aromatic N) is 1. The Labute approximate surface area is 111 Å². The molecular formula is C13H17NO3S. The third-order valence-corrected chi connectivity index (χ3v) is 3.96. The van der Waals surface area contributed by atoms with Crippen LogP contribution in [-0.2, 0) is 20.7 Å². The van der Waals surface area contributed by atoms with Gasteiger partial charge in [-0.1, -0.05) is 6.07 Å². The molecule has 2 amide bonds. The molecule has 1 unspecified atom stereocenters. The first-order chi connectivity index (χ1) is 8.72. The van der Waals surface area contributed by atoms with Gasteiger partial charge >= 0.3 is 0 Å². The van der Waals surface area contributed by atoms with Crippen molar-refractivity contribution in [3.63, 3.8) is 0 Å². The smallest absolute Gasteiger partial charge is 0.229 e. The molecule has 1 aromatic heterocycles. The standard InChI is InChI=1S/C13H17NO3S/c1-17-9-10(8-11-4-3-7-18-11)14-12(15)5-2-6-13(14)16/h3-4,7,10H,2,5-6,8-9H2,1H3. The molecule has 0 N–H and O–H groups in total. The number of ether oxygens (including phenoxy) is 1. The molecule has 1 fully saturated rings. The van der Waals surface area contributed by atoms with Crippen molar-refractivity contribution >= 4 is 23.2 Å². The summed E-state index contributed by atoms with van der Waals surface area (Å²) in [7, 11) is 1.60. The fourth-order valence-electron chi connectivity index (χ4n) is 2.26. The van der Waals surface area contributed by atoms with Gasteiger partial charge in [0.05, 0.1) is 12.6 Å². The zero-order valence-corrected chi connectivity index (χ0v) is 11.2. The van der Waals surface area contributed by atoms with Gasteiger partial charge in [-0.15, -0.1) is 11.3 Å². The van der Waals surface area contributed by atoms with Gasteiger partial charge in [-0.05, 0) is 17.9 Å². The highest BCUT2D eigenvalue weighted by Crippen LogP contribution is 2.20. The van der Waals surface area contributed by atoms with E-state index in [0.717, 1.165) is 0 Å². The zero-order chi connectivity index (χ0) is 13.0. The zero-order valence-electron chi connectivity index (χ0n) is 10.4. The van der Waals surface area contributed by atoms with Crippen molar-refractivity contribution in [1.29, 1.82) is 0 Å². The molecule has 2 rings (SSSR count). The Morgan fingerprint density at radius 2 is 2.11 bits per heavy atom. The normalized spacial score (nSPS) is 18.2. The van der Waals surface area contributed by atoms with Crippen LogP contribution < -0.4 is 0 Å². The summed E-state index contributed by atoms with van der Waals surface area (Å²) in [4.78, 5) is 26.4. The second kappa shape index (κ2) is 6.11. The van der Waals surface area contributed by atoms with E-state index in [0.29, 0.717) is 32.3 Å². The number of hydrogen-bond donors (Lipinski definition) is 0. The van der Waals surface area contributed by atoms with Gasteiger partial charge in [-0.3, -0.25) is 14.5 Å². The number of carbonyl (C=O) groups excluding carboxylic acids is 2. The highest BCUT2D eigenvalue weighted by atomic mass is 32.1. The van der Waals surface area contributed by atoms with E-state index >= 15 is 0 Å². The Hall–Kier alpha value is -1.20. The summed E-state index contributed by atoms with van der Waals surface area (Å²) in [6.07, 6.45) is 2.29. The second-order valence-corrected chi connectivity index (χ2v) is 5.44. The molecular weight excluding hydrogens is 250 g/mol. The van der Waals surface area contributed by atoms with Gasteiger partial charge < -0.3 is 4.74 Å². The summed E-state index contributed by atoms with van der Waals surface area (Å²) < 4.78 is 5.16. The number of likely N-dealkylation sites (tertiary alicyclic amines) is 1. The lowest BCUT2D eigenvalue weighted by atomic mass is 10.0. The highest BCUT2D eigenvalue weighted by molar-refractivity contribution is 7.09. The molecule has 0 aromatic carbocycles. The van der Waals surface area contributed by atoms with Gasteiger partial charge in [0, 0.05) is 31.2 Å². The molecule has 2 heterocycles. The van der Waals surface area contributed by atoms with Crippen LogP contribution >= 0.6 is 11.3 Å². The largest absolute Gasteiger partial charge is 0.383 e. The van der Waals surface area contributed by atoms with Crippen LogP contribution in [-0.4, -0.2) is 36.5 Å². The van der Waals surface area contributed by atoms with Crippen molar-refractivity contribution in [2.45, 2.75) is 31.7 Å². The quantitative estimate of drug-likeness (QED) is 0.765. The summed E-state index contributed by atoms with van der Waals surface area (Å²) in [5, 5.41) is 2.00. The first-order valence-corrected chi connectivity index (χ1v) is 6.96. The average Bonchev–Trinajstić information content (AvgIpc) is 2.82.